The number of nitrogens with one attached hydrogen (secondary N) is 1. The van der Waals surface area contributed by atoms with E-state index in [1.807, 2.05) is 6.92 Å². The second-order valence-corrected chi connectivity index (χ2v) is 3.71. The Morgan fingerprint density at radius 1 is 1.69 bits per heavy atom. The highest BCUT2D eigenvalue weighted by atomic mass is 16.4. The molecule has 0 atom stereocenters. The van der Waals surface area contributed by atoms with Crippen molar-refractivity contribution in [3.8, 4) is 0 Å². The van der Waals surface area contributed by atoms with Gasteiger partial charge in [0, 0.05) is 0 Å². The van der Waals surface area contributed by atoms with Crippen molar-refractivity contribution in [3.05, 3.63) is 12.0 Å². The Bertz CT molecular complexity index is 286. The van der Waals surface area contributed by atoms with Gasteiger partial charge in [-0.2, -0.15) is 4.98 Å². The van der Waals surface area contributed by atoms with Gasteiger partial charge in [0.2, 0.25) is 0 Å². The van der Waals surface area contributed by atoms with Crippen LogP contribution in [0.25, 0.3) is 0 Å². The summed E-state index contributed by atoms with van der Waals surface area (Å²) in [4.78, 5) is 4.14. The molecule has 1 aromatic heterocycles. The van der Waals surface area contributed by atoms with Crippen LogP contribution < -0.4 is 5.32 Å². The maximum absolute atomic E-state index is 9.17. The number of hydrogen-bond acceptors (Lipinski definition) is 4. The molecule has 0 aromatic carbocycles. The molecule has 72 valence electrons. The fourth-order valence-corrected chi connectivity index (χ4v) is 1.56. The second-order valence-electron chi connectivity index (χ2n) is 3.71. The summed E-state index contributed by atoms with van der Waals surface area (Å²) < 4.78 is 5.16. The van der Waals surface area contributed by atoms with Gasteiger partial charge >= 0.3 is 0 Å². The van der Waals surface area contributed by atoms with Crippen LogP contribution >= 0.6 is 0 Å². The second kappa shape index (κ2) is 3.03. The molecule has 4 heteroatoms. The first-order valence-corrected chi connectivity index (χ1v) is 4.55. The first kappa shape index (κ1) is 8.56. The van der Waals surface area contributed by atoms with Gasteiger partial charge in [0.15, 0.2) is 0 Å². The molecule has 13 heavy (non-hydrogen) atoms. The largest absolute Gasteiger partial charge is 0.432 e. The monoisotopic (exact) mass is 182 g/mol. The molecule has 1 aliphatic carbocycles. The quantitative estimate of drug-likeness (QED) is 0.740. The Morgan fingerprint density at radius 2 is 2.46 bits per heavy atom. The maximum Gasteiger partial charge on any atom is 0.295 e. The van der Waals surface area contributed by atoms with E-state index in [0.29, 0.717) is 6.01 Å². The van der Waals surface area contributed by atoms with Gasteiger partial charge in [0.25, 0.3) is 6.01 Å². The van der Waals surface area contributed by atoms with Crippen LogP contribution in [-0.4, -0.2) is 22.2 Å². The Balaban J connectivity index is 2.04. The number of oxazole rings is 1. The fourth-order valence-electron chi connectivity index (χ4n) is 1.56. The third-order valence-corrected chi connectivity index (χ3v) is 2.60. The molecular formula is C9H14N2O2. The average molecular weight is 182 g/mol. The van der Waals surface area contributed by atoms with Crippen molar-refractivity contribution >= 4 is 6.01 Å². The molecule has 1 heterocycles. The van der Waals surface area contributed by atoms with Crippen molar-refractivity contribution in [2.75, 3.05) is 11.9 Å². The Hall–Kier alpha value is -1.03. The van der Waals surface area contributed by atoms with Crippen LogP contribution in [0.1, 0.15) is 25.0 Å². The van der Waals surface area contributed by atoms with Gasteiger partial charge in [-0.15, -0.1) is 0 Å². The number of rotatable bonds is 3. The molecule has 4 nitrogen and oxygen atoms in total. The lowest BCUT2D eigenvalue weighted by Gasteiger charge is -2.40. The number of aliphatic hydroxyl groups excluding tert-OH is 1. The zero-order valence-electron chi connectivity index (χ0n) is 7.71. The average Bonchev–Trinajstić information content (AvgIpc) is 2.44. The Morgan fingerprint density at radius 3 is 2.85 bits per heavy atom. The highest BCUT2D eigenvalue weighted by molar-refractivity contribution is 5.28. The summed E-state index contributed by atoms with van der Waals surface area (Å²) in [5.41, 5.74) is 0.687. The van der Waals surface area contributed by atoms with Crippen molar-refractivity contribution in [2.24, 2.45) is 0 Å². The van der Waals surface area contributed by atoms with E-state index in [1.54, 1.807) is 6.26 Å². The molecule has 1 aromatic rings. The van der Waals surface area contributed by atoms with E-state index in [0.717, 1.165) is 25.0 Å². The number of hydrogen-bond donors (Lipinski definition) is 2. The van der Waals surface area contributed by atoms with E-state index >= 15 is 0 Å². The Kier molecular flexibility index (Phi) is 2.00. The molecular weight excluding hydrogens is 168 g/mol. The van der Waals surface area contributed by atoms with E-state index in [9.17, 15) is 5.11 Å². The van der Waals surface area contributed by atoms with Crippen molar-refractivity contribution in [2.45, 2.75) is 31.7 Å². The van der Waals surface area contributed by atoms with E-state index in [2.05, 4.69) is 10.3 Å². The molecule has 1 aliphatic rings. The molecule has 0 radical (unpaired) electrons. The molecule has 0 unspecified atom stereocenters. The summed E-state index contributed by atoms with van der Waals surface area (Å²) in [6.45, 7) is 2.02. The number of aryl methyl sites for hydroxylation is 1. The van der Waals surface area contributed by atoms with Crippen molar-refractivity contribution in [1.29, 1.82) is 0 Å². The third kappa shape index (κ3) is 1.54. The SMILES string of the molecule is Cc1coc(NC2(CO)CCC2)n1. The molecule has 1 saturated carbocycles. The minimum absolute atomic E-state index is 0.147. The van der Waals surface area contributed by atoms with E-state index in [-0.39, 0.29) is 12.1 Å². The van der Waals surface area contributed by atoms with E-state index < -0.39 is 0 Å². The minimum Gasteiger partial charge on any atom is -0.432 e. The number of aliphatic hydroxyl groups is 1. The van der Waals surface area contributed by atoms with Crippen LogP contribution in [0, 0.1) is 6.92 Å². The summed E-state index contributed by atoms with van der Waals surface area (Å²) in [5, 5.41) is 12.3. The van der Waals surface area contributed by atoms with Gasteiger partial charge < -0.3 is 14.8 Å². The van der Waals surface area contributed by atoms with Gasteiger partial charge in [0.1, 0.15) is 6.26 Å². The summed E-state index contributed by atoms with van der Waals surface area (Å²) in [6, 6.07) is 0.520. The molecule has 0 amide bonds. The highest BCUT2D eigenvalue weighted by Crippen LogP contribution is 2.34. The van der Waals surface area contributed by atoms with Gasteiger partial charge in [0.05, 0.1) is 17.8 Å². The van der Waals surface area contributed by atoms with Crippen LogP contribution in [0.5, 0.6) is 0 Å². The van der Waals surface area contributed by atoms with Crippen molar-refractivity contribution < 1.29 is 9.52 Å². The van der Waals surface area contributed by atoms with Crippen LogP contribution in [0.2, 0.25) is 0 Å². The third-order valence-electron chi connectivity index (χ3n) is 2.60. The molecule has 2 rings (SSSR count). The molecule has 0 bridgehead atoms. The summed E-state index contributed by atoms with van der Waals surface area (Å²) in [7, 11) is 0. The van der Waals surface area contributed by atoms with Crippen LogP contribution in [0.15, 0.2) is 10.7 Å². The number of anilines is 1. The van der Waals surface area contributed by atoms with Crippen LogP contribution in [0.4, 0.5) is 6.01 Å². The van der Waals surface area contributed by atoms with Gasteiger partial charge in [-0.3, -0.25) is 0 Å². The predicted octanol–water partition coefficient (Wildman–Crippen LogP) is 1.31. The van der Waals surface area contributed by atoms with Gasteiger partial charge in [-0.25, -0.2) is 0 Å². The smallest absolute Gasteiger partial charge is 0.295 e. The molecule has 1 fully saturated rings. The van der Waals surface area contributed by atoms with Gasteiger partial charge in [-0.05, 0) is 26.2 Å². The topological polar surface area (TPSA) is 58.3 Å². The fraction of sp³-hybridized carbons (Fsp3) is 0.667. The van der Waals surface area contributed by atoms with E-state index in [4.69, 9.17) is 4.42 Å². The lowest BCUT2D eigenvalue weighted by atomic mass is 9.77. The molecule has 0 aliphatic heterocycles. The summed E-state index contributed by atoms with van der Waals surface area (Å²) >= 11 is 0. The first-order valence-electron chi connectivity index (χ1n) is 4.55. The minimum atomic E-state index is -0.169. The summed E-state index contributed by atoms with van der Waals surface area (Å²) in [5.74, 6) is 0. The lowest BCUT2D eigenvalue weighted by molar-refractivity contribution is 0.141. The summed E-state index contributed by atoms with van der Waals surface area (Å²) in [6.07, 6.45) is 4.75. The van der Waals surface area contributed by atoms with E-state index in [1.165, 1.54) is 0 Å². The lowest BCUT2D eigenvalue weighted by Crippen LogP contribution is -2.48. The predicted molar refractivity (Wildman–Crippen MR) is 48.5 cm³/mol. The number of nitrogens with zero attached hydrogens (tertiary/aromatic N) is 1. The Labute approximate surface area is 77.0 Å². The zero-order chi connectivity index (χ0) is 9.31. The zero-order valence-corrected chi connectivity index (χ0v) is 7.71. The first-order chi connectivity index (χ1) is 6.24. The highest BCUT2D eigenvalue weighted by Gasteiger charge is 2.37. The van der Waals surface area contributed by atoms with Crippen LogP contribution in [0.3, 0.4) is 0 Å². The molecule has 2 N–H and O–H groups in total. The van der Waals surface area contributed by atoms with Crippen LogP contribution in [-0.2, 0) is 0 Å². The normalized spacial score (nSPS) is 19.5. The number of aromatic nitrogens is 1. The molecule has 0 saturated heterocycles. The maximum atomic E-state index is 9.17. The molecule has 0 spiro atoms. The van der Waals surface area contributed by atoms with Crippen molar-refractivity contribution in [1.82, 2.24) is 4.98 Å². The van der Waals surface area contributed by atoms with Gasteiger partial charge in [-0.1, -0.05) is 0 Å². The standard InChI is InChI=1S/C9H14N2O2/c1-7-5-13-8(10-7)11-9(6-12)3-2-4-9/h5,12H,2-4,6H2,1H3,(H,10,11). The van der Waals surface area contributed by atoms with Crippen molar-refractivity contribution in [3.63, 3.8) is 0 Å².